The van der Waals surface area contributed by atoms with Crippen LogP contribution in [0.25, 0.3) is 0 Å². The summed E-state index contributed by atoms with van der Waals surface area (Å²) in [7, 11) is 1.72. The number of rotatable bonds is 3. The largest absolute Gasteiger partial charge is 0.480 e. The third-order valence-corrected chi connectivity index (χ3v) is 3.97. The molecule has 0 aromatic heterocycles. The van der Waals surface area contributed by atoms with E-state index in [-0.39, 0.29) is 11.3 Å². The lowest BCUT2D eigenvalue weighted by molar-refractivity contribution is -0.140. The number of carboxylic acids is 1. The number of carbonyl (C=O) groups is 1. The molecule has 2 atom stereocenters. The van der Waals surface area contributed by atoms with Crippen LogP contribution in [0.5, 0.6) is 0 Å². The molecule has 1 aliphatic rings. The summed E-state index contributed by atoms with van der Waals surface area (Å²) in [5, 5.41) is 12.2. The fraction of sp³-hybridized carbons (Fsp3) is 0.533. The minimum absolute atomic E-state index is 0.0917. The van der Waals surface area contributed by atoms with Gasteiger partial charge in [0.05, 0.1) is 0 Å². The summed E-state index contributed by atoms with van der Waals surface area (Å²) in [5.74, 6) is -0.663. The first-order valence-corrected chi connectivity index (χ1v) is 6.34. The lowest BCUT2D eigenvalue weighted by Gasteiger charge is -2.19. The zero-order valence-electron chi connectivity index (χ0n) is 11.4. The molecule has 1 saturated carbocycles. The molecule has 98 valence electrons. The van der Waals surface area contributed by atoms with Crippen LogP contribution < -0.4 is 5.32 Å². The fourth-order valence-electron chi connectivity index (χ4n) is 2.50. The first kappa shape index (κ1) is 13.1. The quantitative estimate of drug-likeness (QED) is 0.863. The number of nitrogens with one attached hydrogen (secondary N) is 1. The second-order valence-corrected chi connectivity index (χ2v) is 6.16. The van der Waals surface area contributed by atoms with E-state index in [9.17, 15) is 9.90 Å². The van der Waals surface area contributed by atoms with Gasteiger partial charge in [-0.2, -0.15) is 0 Å². The number of hydrogen-bond donors (Lipinski definition) is 2. The van der Waals surface area contributed by atoms with Gasteiger partial charge in [0.2, 0.25) is 0 Å². The Morgan fingerprint density at radius 1 is 1.33 bits per heavy atom. The third-order valence-electron chi connectivity index (χ3n) is 3.97. The molecule has 1 aromatic carbocycles. The van der Waals surface area contributed by atoms with Crippen molar-refractivity contribution in [2.45, 2.75) is 44.1 Å². The highest BCUT2D eigenvalue weighted by Crippen LogP contribution is 2.51. The molecule has 0 aliphatic heterocycles. The summed E-state index contributed by atoms with van der Waals surface area (Å²) in [4.78, 5) is 11.3. The average Bonchev–Trinajstić information content (AvgIpc) is 3.04. The van der Waals surface area contributed by atoms with Crippen LogP contribution >= 0.6 is 0 Å². The molecule has 1 fully saturated rings. The van der Waals surface area contributed by atoms with Crippen molar-refractivity contribution < 1.29 is 9.90 Å². The van der Waals surface area contributed by atoms with Crippen molar-refractivity contribution >= 4 is 5.97 Å². The standard InChI is InChI=1S/C15H21NO2/c1-14(2,3)11-7-5-10(6-8-11)12-9-15(12,16-4)13(17)18/h5-8,12,16H,9H2,1-4H3,(H,17,18). The van der Waals surface area contributed by atoms with E-state index in [0.29, 0.717) is 6.42 Å². The van der Waals surface area contributed by atoms with Crippen molar-refractivity contribution in [3.8, 4) is 0 Å². The zero-order chi connectivity index (χ0) is 13.6. The number of benzene rings is 1. The fourth-order valence-corrected chi connectivity index (χ4v) is 2.50. The summed E-state index contributed by atoms with van der Waals surface area (Å²) < 4.78 is 0. The van der Waals surface area contributed by atoms with E-state index < -0.39 is 11.5 Å². The molecule has 1 aromatic rings. The Morgan fingerprint density at radius 3 is 2.22 bits per heavy atom. The highest BCUT2D eigenvalue weighted by molar-refractivity contribution is 5.85. The maximum Gasteiger partial charge on any atom is 0.324 e. The summed E-state index contributed by atoms with van der Waals surface area (Å²) in [5.41, 5.74) is 1.77. The highest BCUT2D eigenvalue weighted by atomic mass is 16.4. The van der Waals surface area contributed by atoms with Crippen LogP contribution in [0.1, 0.15) is 44.2 Å². The molecule has 2 rings (SSSR count). The van der Waals surface area contributed by atoms with Gasteiger partial charge in [-0.1, -0.05) is 45.0 Å². The number of likely N-dealkylation sites (N-methyl/N-ethyl adjacent to an activating group) is 1. The molecule has 0 radical (unpaired) electrons. The van der Waals surface area contributed by atoms with E-state index in [0.717, 1.165) is 5.56 Å². The first-order valence-electron chi connectivity index (χ1n) is 6.34. The monoisotopic (exact) mass is 247 g/mol. The zero-order valence-corrected chi connectivity index (χ0v) is 11.4. The first-order chi connectivity index (χ1) is 8.31. The molecule has 0 bridgehead atoms. The van der Waals surface area contributed by atoms with Gasteiger partial charge in [0.15, 0.2) is 0 Å². The van der Waals surface area contributed by atoms with Crippen molar-refractivity contribution in [1.29, 1.82) is 0 Å². The van der Waals surface area contributed by atoms with Crippen molar-refractivity contribution in [3.05, 3.63) is 35.4 Å². The van der Waals surface area contributed by atoms with Gasteiger partial charge >= 0.3 is 5.97 Å². The molecule has 3 nitrogen and oxygen atoms in total. The maximum atomic E-state index is 11.3. The van der Waals surface area contributed by atoms with Crippen LogP contribution in [-0.2, 0) is 10.2 Å². The van der Waals surface area contributed by atoms with E-state index in [4.69, 9.17) is 0 Å². The Kier molecular flexibility index (Phi) is 2.98. The van der Waals surface area contributed by atoms with Gasteiger partial charge in [0.25, 0.3) is 0 Å². The van der Waals surface area contributed by atoms with Crippen LogP contribution in [0.15, 0.2) is 24.3 Å². The van der Waals surface area contributed by atoms with Gasteiger partial charge in [0.1, 0.15) is 5.54 Å². The molecular formula is C15H21NO2. The van der Waals surface area contributed by atoms with Crippen LogP contribution in [0.2, 0.25) is 0 Å². The molecule has 1 aliphatic carbocycles. The van der Waals surface area contributed by atoms with Crippen molar-refractivity contribution in [3.63, 3.8) is 0 Å². The van der Waals surface area contributed by atoms with E-state index >= 15 is 0 Å². The third kappa shape index (κ3) is 2.03. The molecule has 0 heterocycles. The van der Waals surface area contributed by atoms with E-state index in [2.05, 4.69) is 50.4 Å². The van der Waals surface area contributed by atoms with Gasteiger partial charge in [0, 0.05) is 5.92 Å². The van der Waals surface area contributed by atoms with Crippen LogP contribution in [0.3, 0.4) is 0 Å². The second kappa shape index (κ2) is 4.09. The Morgan fingerprint density at radius 2 is 1.89 bits per heavy atom. The molecule has 18 heavy (non-hydrogen) atoms. The summed E-state index contributed by atoms with van der Waals surface area (Å²) in [6.45, 7) is 6.52. The molecule has 3 heteroatoms. The topological polar surface area (TPSA) is 49.3 Å². The minimum Gasteiger partial charge on any atom is -0.480 e. The predicted octanol–water partition coefficient (Wildman–Crippen LogP) is 2.51. The van der Waals surface area contributed by atoms with E-state index in [1.165, 1.54) is 5.56 Å². The molecule has 2 N–H and O–H groups in total. The lowest BCUT2D eigenvalue weighted by atomic mass is 9.86. The smallest absolute Gasteiger partial charge is 0.324 e. The van der Waals surface area contributed by atoms with Gasteiger partial charge in [-0.15, -0.1) is 0 Å². The van der Waals surface area contributed by atoms with Crippen LogP contribution in [0, 0.1) is 0 Å². The molecule has 0 saturated heterocycles. The van der Waals surface area contributed by atoms with Crippen LogP contribution in [-0.4, -0.2) is 23.7 Å². The highest BCUT2D eigenvalue weighted by Gasteiger charge is 2.60. The van der Waals surface area contributed by atoms with Crippen molar-refractivity contribution in [1.82, 2.24) is 5.32 Å². The Bertz CT molecular complexity index is 458. The summed E-state index contributed by atoms with van der Waals surface area (Å²) in [6, 6.07) is 8.34. The predicted molar refractivity (Wildman–Crippen MR) is 71.9 cm³/mol. The number of aliphatic carboxylic acids is 1. The van der Waals surface area contributed by atoms with Crippen molar-refractivity contribution in [2.24, 2.45) is 0 Å². The SMILES string of the molecule is CNC1(C(=O)O)CC1c1ccc(C(C)(C)C)cc1. The molecular weight excluding hydrogens is 226 g/mol. The van der Waals surface area contributed by atoms with Gasteiger partial charge in [-0.3, -0.25) is 4.79 Å². The molecule has 0 amide bonds. The maximum absolute atomic E-state index is 11.3. The Hall–Kier alpha value is -1.35. The molecule has 0 spiro atoms. The number of hydrogen-bond acceptors (Lipinski definition) is 2. The lowest BCUT2D eigenvalue weighted by Crippen LogP contribution is -2.38. The average molecular weight is 247 g/mol. The molecule has 2 unspecified atom stereocenters. The van der Waals surface area contributed by atoms with Crippen molar-refractivity contribution in [2.75, 3.05) is 7.05 Å². The van der Waals surface area contributed by atoms with Crippen LogP contribution in [0.4, 0.5) is 0 Å². The second-order valence-electron chi connectivity index (χ2n) is 6.16. The minimum atomic E-state index is -0.755. The van der Waals surface area contributed by atoms with Gasteiger partial charge < -0.3 is 10.4 Å². The number of carboxylic acid groups (broad SMARTS) is 1. The summed E-state index contributed by atoms with van der Waals surface area (Å²) >= 11 is 0. The Labute approximate surface area is 108 Å². The Balaban J connectivity index is 2.21. The summed E-state index contributed by atoms with van der Waals surface area (Å²) in [6.07, 6.45) is 0.674. The van der Waals surface area contributed by atoms with E-state index in [1.54, 1.807) is 7.05 Å². The van der Waals surface area contributed by atoms with E-state index in [1.807, 2.05) is 0 Å². The van der Waals surface area contributed by atoms with Gasteiger partial charge in [-0.25, -0.2) is 0 Å². The normalized spacial score (nSPS) is 27.0. The van der Waals surface area contributed by atoms with Gasteiger partial charge in [-0.05, 0) is 30.0 Å².